The van der Waals surface area contributed by atoms with Crippen LogP contribution in [0, 0.1) is 10.1 Å². The fraction of sp³-hybridized carbons (Fsp3) is 0.143. The molecule has 0 aliphatic carbocycles. The van der Waals surface area contributed by atoms with Crippen LogP contribution in [0.2, 0.25) is 5.02 Å². The van der Waals surface area contributed by atoms with Crippen LogP contribution >= 0.6 is 11.6 Å². The Morgan fingerprint density at radius 2 is 1.96 bits per heavy atom. The van der Waals surface area contributed by atoms with Gasteiger partial charge in [0.15, 0.2) is 0 Å². The minimum absolute atomic E-state index is 0.0334. The summed E-state index contributed by atoms with van der Waals surface area (Å²) in [5.74, 6) is 0. The van der Waals surface area contributed by atoms with Crippen molar-refractivity contribution in [2.75, 3.05) is 0 Å². The predicted molar refractivity (Wildman–Crippen MR) is 81.2 cm³/mol. The number of pyridine rings is 1. The second-order valence-corrected chi connectivity index (χ2v) is 5.07. The maximum Gasteiger partial charge on any atom is 0.405 e. The Hall–Kier alpha value is -2.81. The van der Waals surface area contributed by atoms with Gasteiger partial charge in [0.05, 0.1) is 15.6 Å². The third-order valence-electron chi connectivity index (χ3n) is 3.11. The van der Waals surface area contributed by atoms with Gasteiger partial charge >= 0.3 is 6.09 Å². The number of nitrogens with one attached hydrogen (secondary N) is 1. The molecule has 126 valence electrons. The standard InChI is InChI=1S/C14H10ClF2N3O4/c15-10-5-9(20(23)24)6-18-11(10)7-1-3-8(4-2-7)12(13(16)17)19-14(21)22/h1-6,12-13,19H,(H,21,22). The predicted octanol–water partition coefficient (Wildman–Crippen LogP) is 3.88. The van der Waals surface area contributed by atoms with E-state index in [1.807, 2.05) is 0 Å². The van der Waals surface area contributed by atoms with Crippen molar-refractivity contribution in [2.45, 2.75) is 12.5 Å². The maximum absolute atomic E-state index is 12.9. The number of aromatic nitrogens is 1. The Morgan fingerprint density at radius 3 is 2.42 bits per heavy atom. The first-order valence-corrected chi connectivity index (χ1v) is 6.85. The number of carboxylic acid groups (broad SMARTS) is 1. The molecule has 0 aliphatic heterocycles. The Balaban J connectivity index is 2.32. The number of rotatable bonds is 5. The van der Waals surface area contributed by atoms with E-state index in [0.717, 1.165) is 12.3 Å². The molecule has 1 aromatic carbocycles. The van der Waals surface area contributed by atoms with Crippen molar-refractivity contribution in [3.63, 3.8) is 0 Å². The molecule has 0 saturated heterocycles. The molecule has 7 nitrogen and oxygen atoms in total. The molecule has 0 spiro atoms. The van der Waals surface area contributed by atoms with Crippen LogP contribution in [0.3, 0.4) is 0 Å². The highest BCUT2D eigenvalue weighted by molar-refractivity contribution is 6.33. The molecule has 0 fully saturated rings. The lowest BCUT2D eigenvalue weighted by Crippen LogP contribution is -2.31. The van der Waals surface area contributed by atoms with Gasteiger partial charge in [0.25, 0.3) is 12.1 Å². The number of nitrogens with zero attached hydrogens (tertiary/aromatic N) is 2. The van der Waals surface area contributed by atoms with Gasteiger partial charge < -0.3 is 10.4 Å². The number of nitro groups is 1. The zero-order chi connectivity index (χ0) is 17.9. The molecule has 2 aromatic rings. The molecule has 1 aromatic heterocycles. The minimum Gasteiger partial charge on any atom is -0.465 e. The molecule has 10 heteroatoms. The Kier molecular flexibility index (Phi) is 5.24. The fourth-order valence-corrected chi connectivity index (χ4v) is 2.28. The Morgan fingerprint density at radius 1 is 1.33 bits per heavy atom. The van der Waals surface area contributed by atoms with Crippen LogP contribution in [0.1, 0.15) is 11.6 Å². The summed E-state index contributed by atoms with van der Waals surface area (Å²) in [4.78, 5) is 24.5. The van der Waals surface area contributed by atoms with Crippen LogP contribution in [-0.2, 0) is 0 Å². The van der Waals surface area contributed by atoms with Crippen LogP contribution in [0.15, 0.2) is 36.5 Å². The van der Waals surface area contributed by atoms with Gasteiger partial charge in [-0.25, -0.2) is 18.6 Å². The summed E-state index contributed by atoms with van der Waals surface area (Å²) in [7, 11) is 0. The van der Waals surface area contributed by atoms with Gasteiger partial charge in [-0.05, 0) is 5.56 Å². The first-order chi connectivity index (χ1) is 11.3. The van der Waals surface area contributed by atoms with Gasteiger partial charge in [-0.1, -0.05) is 35.9 Å². The summed E-state index contributed by atoms with van der Waals surface area (Å²) < 4.78 is 25.9. The lowest BCUT2D eigenvalue weighted by atomic mass is 10.0. The van der Waals surface area contributed by atoms with Gasteiger partial charge in [-0.15, -0.1) is 0 Å². The zero-order valence-corrected chi connectivity index (χ0v) is 12.6. The van der Waals surface area contributed by atoms with E-state index in [1.165, 1.54) is 24.3 Å². The van der Waals surface area contributed by atoms with Gasteiger partial charge in [-0.3, -0.25) is 10.1 Å². The summed E-state index contributed by atoms with van der Waals surface area (Å²) in [6, 6.07) is 4.93. The van der Waals surface area contributed by atoms with Crippen molar-refractivity contribution in [3.05, 3.63) is 57.2 Å². The molecule has 2 N–H and O–H groups in total. The van der Waals surface area contributed by atoms with Gasteiger partial charge in [0, 0.05) is 11.6 Å². The number of amides is 1. The van der Waals surface area contributed by atoms with E-state index in [2.05, 4.69) is 4.98 Å². The molecule has 0 radical (unpaired) electrons. The van der Waals surface area contributed by atoms with Crippen LogP contribution in [0.25, 0.3) is 11.3 Å². The molecule has 1 amide bonds. The number of carbonyl (C=O) groups is 1. The summed E-state index contributed by atoms with van der Waals surface area (Å²) >= 11 is 5.95. The van der Waals surface area contributed by atoms with E-state index in [1.54, 1.807) is 5.32 Å². The highest BCUT2D eigenvalue weighted by Gasteiger charge is 2.24. The average molecular weight is 358 g/mol. The number of halogens is 3. The zero-order valence-electron chi connectivity index (χ0n) is 11.8. The topological polar surface area (TPSA) is 105 Å². The van der Waals surface area contributed by atoms with E-state index in [0.29, 0.717) is 5.56 Å². The molecule has 24 heavy (non-hydrogen) atoms. The van der Waals surface area contributed by atoms with Crippen LogP contribution < -0.4 is 5.32 Å². The number of benzene rings is 1. The summed E-state index contributed by atoms with van der Waals surface area (Å²) in [5.41, 5.74) is 0.480. The summed E-state index contributed by atoms with van der Waals surface area (Å²) in [6.45, 7) is 0. The SMILES string of the molecule is O=C(O)NC(c1ccc(-c2ncc([N+](=O)[O-])cc2Cl)cc1)C(F)F. The molecule has 1 unspecified atom stereocenters. The second kappa shape index (κ2) is 7.18. The van der Waals surface area contributed by atoms with Crippen LogP contribution in [-0.4, -0.2) is 27.5 Å². The van der Waals surface area contributed by atoms with Crippen LogP contribution in [0.5, 0.6) is 0 Å². The van der Waals surface area contributed by atoms with E-state index < -0.39 is 23.5 Å². The fourth-order valence-electron chi connectivity index (χ4n) is 2.01. The van der Waals surface area contributed by atoms with Crippen molar-refractivity contribution in [1.82, 2.24) is 10.3 Å². The molecule has 1 atom stereocenters. The number of hydrogen-bond acceptors (Lipinski definition) is 4. The van der Waals surface area contributed by atoms with Crippen molar-refractivity contribution >= 4 is 23.4 Å². The Labute approximate surface area is 139 Å². The molecular weight excluding hydrogens is 348 g/mol. The van der Waals surface area contributed by atoms with Gasteiger partial charge in [0.1, 0.15) is 12.2 Å². The molecular formula is C14H10ClF2N3O4. The van der Waals surface area contributed by atoms with Crippen molar-refractivity contribution in [2.24, 2.45) is 0 Å². The lowest BCUT2D eigenvalue weighted by molar-refractivity contribution is -0.385. The Bertz CT molecular complexity index is 771. The van der Waals surface area contributed by atoms with Gasteiger partial charge in [-0.2, -0.15) is 0 Å². The molecule has 1 heterocycles. The molecule has 2 rings (SSSR count). The summed E-state index contributed by atoms with van der Waals surface area (Å²) in [6.07, 6.45) is -3.46. The highest BCUT2D eigenvalue weighted by atomic mass is 35.5. The third kappa shape index (κ3) is 3.93. The highest BCUT2D eigenvalue weighted by Crippen LogP contribution is 2.30. The van der Waals surface area contributed by atoms with Crippen molar-refractivity contribution in [1.29, 1.82) is 0 Å². The first-order valence-electron chi connectivity index (χ1n) is 6.47. The first kappa shape index (κ1) is 17.5. The van der Waals surface area contributed by atoms with Crippen molar-refractivity contribution in [3.8, 4) is 11.3 Å². The second-order valence-electron chi connectivity index (χ2n) is 4.66. The molecule has 0 aliphatic rings. The number of alkyl halides is 2. The molecule has 0 saturated carbocycles. The smallest absolute Gasteiger partial charge is 0.405 e. The quantitative estimate of drug-likeness (QED) is 0.624. The largest absolute Gasteiger partial charge is 0.465 e. The van der Waals surface area contributed by atoms with E-state index in [9.17, 15) is 23.7 Å². The normalized spacial score (nSPS) is 12.0. The third-order valence-corrected chi connectivity index (χ3v) is 3.40. The minimum atomic E-state index is -2.92. The maximum atomic E-state index is 12.9. The van der Waals surface area contributed by atoms with Crippen molar-refractivity contribution < 1.29 is 23.6 Å². The number of hydrogen-bond donors (Lipinski definition) is 2. The summed E-state index contributed by atoms with van der Waals surface area (Å²) in [5, 5.41) is 21.0. The van der Waals surface area contributed by atoms with E-state index in [-0.39, 0.29) is 22.0 Å². The lowest BCUT2D eigenvalue weighted by Gasteiger charge is -2.16. The van der Waals surface area contributed by atoms with Gasteiger partial charge in [0.2, 0.25) is 0 Å². The monoisotopic (exact) mass is 357 g/mol. The average Bonchev–Trinajstić information content (AvgIpc) is 2.52. The molecule has 0 bridgehead atoms. The van der Waals surface area contributed by atoms with E-state index >= 15 is 0 Å². The van der Waals surface area contributed by atoms with E-state index in [4.69, 9.17) is 16.7 Å². The van der Waals surface area contributed by atoms with Crippen LogP contribution in [0.4, 0.5) is 19.3 Å².